The Kier molecular flexibility index (Phi) is 21.0. The number of aryl methyl sites for hydroxylation is 11. The first-order valence-electron chi connectivity index (χ1n) is 42.1. The maximum Gasteiger partial charge on any atom is 0.218 e. The van der Waals surface area contributed by atoms with Crippen molar-refractivity contribution in [2.75, 3.05) is 0 Å². The van der Waals surface area contributed by atoms with Crippen molar-refractivity contribution in [1.29, 1.82) is 0 Å². The van der Waals surface area contributed by atoms with Crippen LogP contribution in [0.2, 0.25) is 0 Å². The van der Waals surface area contributed by atoms with Crippen LogP contribution in [-0.4, -0.2) is 18.3 Å². The largest absolute Gasteiger partial charge is 0.344 e. The Morgan fingerprint density at radius 1 is 0.273 bits per heavy atom. The summed E-state index contributed by atoms with van der Waals surface area (Å²) in [6, 6.07) is 111. The van der Waals surface area contributed by atoms with Crippen molar-refractivity contribution in [1.82, 2.24) is 18.3 Å². The second-order valence-electron chi connectivity index (χ2n) is 34.0. The van der Waals surface area contributed by atoms with Gasteiger partial charge in [0.1, 0.15) is 0 Å². The lowest BCUT2D eigenvalue weighted by molar-refractivity contribution is -0.575. The Labute approximate surface area is 711 Å². The molecular weight excluding hydrogens is 1470 g/mol. The van der Waals surface area contributed by atoms with Crippen LogP contribution in [0.25, 0.3) is 160 Å². The van der Waals surface area contributed by atoms with Gasteiger partial charge >= 0.3 is 0 Å². The van der Waals surface area contributed by atoms with Gasteiger partial charge in [-0.2, -0.15) is 18.3 Å². The molecule has 8 aromatic heterocycles. The molecule has 20 aromatic rings. The Balaban J connectivity index is 0.000000115. The van der Waals surface area contributed by atoms with Gasteiger partial charge in [-0.1, -0.05) is 142 Å². The minimum absolute atomic E-state index is 0.0425. The highest BCUT2D eigenvalue weighted by atomic mass is 15.0. The van der Waals surface area contributed by atoms with E-state index in [4.69, 9.17) is 6.57 Å². The lowest BCUT2D eigenvalue weighted by Gasteiger charge is -2.22. The van der Waals surface area contributed by atoms with E-state index in [1.54, 1.807) is 0 Å². The van der Waals surface area contributed by atoms with Gasteiger partial charge in [-0.05, 0) is 197 Å². The van der Waals surface area contributed by atoms with Crippen molar-refractivity contribution >= 4 is 92.9 Å². The monoisotopic (exact) mass is 1580 g/mol. The number of nitrogens with zero attached hydrogens (tertiary/aromatic N) is 9. The third kappa shape index (κ3) is 14.4. The zero-order chi connectivity index (χ0) is 84.6. The topological polar surface area (TPSA) is 39.6 Å². The van der Waals surface area contributed by atoms with E-state index in [-0.39, 0.29) is 5.41 Å². The number of benzene rings is 12. The number of pyridine rings is 4. The van der Waals surface area contributed by atoms with E-state index in [9.17, 15) is 0 Å². The van der Waals surface area contributed by atoms with E-state index >= 15 is 0 Å². The Morgan fingerprint density at radius 2 is 0.579 bits per heavy atom. The predicted octanol–water partition coefficient (Wildman–Crippen LogP) is 26.3. The van der Waals surface area contributed by atoms with Crippen LogP contribution in [0.3, 0.4) is 0 Å². The van der Waals surface area contributed by atoms with Crippen LogP contribution in [0.4, 0.5) is 5.69 Å². The van der Waals surface area contributed by atoms with Crippen molar-refractivity contribution in [3.8, 4) is 67.8 Å². The van der Waals surface area contributed by atoms with Crippen molar-refractivity contribution < 1.29 is 18.3 Å². The van der Waals surface area contributed by atoms with Crippen molar-refractivity contribution in [2.24, 2.45) is 28.2 Å². The molecule has 0 atom stereocenters. The van der Waals surface area contributed by atoms with E-state index in [1.807, 2.05) is 12.1 Å². The summed E-state index contributed by atoms with van der Waals surface area (Å²) in [4.78, 5) is 3.80. The first-order valence-corrected chi connectivity index (χ1v) is 42.1. The number of rotatable bonds is 8. The molecule has 0 spiro atoms. The van der Waals surface area contributed by atoms with Crippen LogP contribution >= 0.6 is 0 Å². The van der Waals surface area contributed by atoms with Gasteiger partial charge in [-0.3, -0.25) is 0 Å². The third-order valence-corrected chi connectivity index (χ3v) is 25.2. The van der Waals surface area contributed by atoms with Gasteiger partial charge in [0, 0.05) is 255 Å². The van der Waals surface area contributed by atoms with Gasteiger partial charge in [-0.25, -0.2) is 4.85 Å². The summed E-state index contributed by atoms with van der Waals surface area (Å²) in [5, 5.41) is 10.00. The SMILES string of the molecule is Cc1c(-c2cc3ccccc3n2C)cc(C(C)(C)C)cc1-[n+]1c(C)ccc2ccccc21.Cc1cc(-c2cc3ccccc3n2C)c(C)c(-[n+]2c(C)ccc3ccccc32)c1.Cc1cc(C)c(-[n+]2c(C)ccc3ccccc32)c(C)c1-c1cc2ccccc2n1C.[C-]#[N+]c1cc(-c2cc3ccccc3n2C)c(C)c(-[n+]2c(C)ccc3ccccc32)c1. The molecule has 0 amide bonds. The maximum atomic E-state index is 7.72. The molecule has 9 nitrogen and oxygen atoms in total. The summed E-state index contributed by atoms with van der Waals surface area (Å²) in [5.74, 6) is 0. The zero-order valence-corrected chi connectivity index (χ0v) is 73.0. The summed E-state index contributed by atoms with van der Waals surface area (Å²) in [7, 11) is 8.61. The van der Waals surface area contributed by atoms with Gasteiger partial charge in [0.25, 0.3) is 0 Å². The molecule has 0 aliphatic heterocycles. The molecule has 8 heterocycles. The molecule has 121 heavy (non-hydrogen) atoms. The van der Waals surface area contributed by atoms with Crippen LogP contribution in [0.1, 0.15) is 88.1 Å². The van der Waals surface area contributed by atoms with Crippen LogP contribution in [0, 0.1) is 82.7 Å². The molecule has 0 fully saturated rings. The highest BCUT2D eigenvalue weighted by Crippen LogP contribution is 2.41. The molecule has 0 aliphatic carbocycles. The summed E-state index contributed by atoms with van der Waals surface area (Å²) in [6.45, 7) is 38.9. The van der Waals surface area contributed by atoms with Crippen LogP contribution < -0.4 is 18.3 Å². The van der Waals surface area contributed by atoms with Crippen molar-refractivity contribution in [2.45, 2.75) is 102 Å². The van der Waals surface area contributed by atoms with Gasteiger partial charge in [0.2, 0.25) is 44.8 Å². The second-order valence-corrected chi connectivity index (χ2v) is 34.0. The van der Waals surface area contributed by atoms with Gasteiger partial charge in [-0.15, -0.1) is 0 Å². The summed E-state index contributed by atoms with van der Waals surface area (Å²) >= 11 is 0. The van der Waals surface area contributed by atoms with Gasteiger partial charge < -0.3 is 18.3 Å². The molecule has 594 valence electrons. The van der Waals surface area contributed by atoms with E-state index in [2.05, 4.69) is 464 Å². The molecule has 20 rings (SSSR count). The first-order chi connectivity index (χ1) is 58.3. The van der Waals surface area contributed by atoms with Gasteiger partial charge in [0.15, 0.2) is 28.5 Å². The standard InChI is InChI=1S/C30H31N2.C28H27N2.C27H22N3.C27H25N2/c1-20-15-16-22-11-7-10-14-27(22)32(20)28-19-24(30(3,4)5)18-25(21(28)2)29-17-23-12-8-9-13-26(23)31(29)6;1-18-16-19(2)28(30-20(3)14-15-22-10-6-9-13-25(22)30)21(4)27(18)26-17-23-11-7-8-12-24(23)29(26)5;1-18-13-14-20-9-5-8-12-25(20)30(18)26-17-22(28-3)16-23(19(26)2)27-15-21-10-6-7-11-24(21)29(27)4;1-18-15-23(27-17-22-10-6-7-11-24(22)28(27)4)20(3)26(16-18)29-19(2)13-14-21-9-5-8-12-25(21)29/h7-19H,1-6H3;6-17H,1-5H3;5-17H,1-2,4H3;5-17H,1-4H3/q4*+1. The minimum Gasteiger partial charge on any atom is -0.344 e. The van der Waals surface area contributed by atoms with Gasteiger partial charge in [0.05, 0.1) is 6.57 Å². The maximum absolute atomic E-state index is 7.72. The van der Waals surface area contributed by atoms with E-state index < -0.39 is 0 Å². The molecule has 0 bridgehead atoms. The summed E-state index contributed by atoms with van der Waals surface area (Å²) < 4.78 is 18.7. The van der Waals surface area contributed by atoms with Crippen LogP contribution in [0.5, 0.6) is 0 Å². The normalized spacial score (nSPS) is 11.5. The Hall–Kier alpha value is -14.1. The molecule has 12 aromatic carbocycles. The molecule has 0 saturated heterocycles. The number of fused-ring (bicyclic) bond motifs is 8. The summed E-state index contributed by atoms with van der Waals surface area (Å²) in [5.41, 5.74) is 40.5. The second kappa shape index (κ2) is 32.0. The summed E-state index contributed by atoms with van der Waals surface area (Å²) in [6.07, 6.45) is 0. The lowest BCUT2D eigenvalue weighted by atomic mass is 9.84. The number of para-hydroxylation sites is 8. The molecule has 0 unspecified atom stereocenters. The van der Waals surface area contributed by atoms with Crippen molar-refractivity contribution in [3.63, 3.8) is 0 Å². The molecule has 0 radical (unpaired) electrons. The Morgan fingerprint density at radius 3 is 0.950 bits per heavy atom. The van der Waals surface area contributed by atoms with E-state index in [1.165, 1.54) is 189 Å². The minimum atomic E-state index is 0.0425. The zero-order valence-electron chi connectivity index (χ0n) is 73.0. The van der Waals surface area contributed by atoms with E-state index in [0.29, 0.717) is 5.69 Å². The fourth-order valence-corrected chi connectivity index (χ4v) is 18.8. The number of hydrogen-bond acceptors (Lipinski definition) is 0. The molecule has 9 heteroatoms. The lowest BCUT2D eigenvalue weighted by Crippen LogP contribution is -2.37. The average Bonchev–Trinajstić information content (AvgIpc) is 1.75. The van der Waals surface area contributed by atoms with Crippen LogP contribution in [0.15, 0.2) is 309 Å². The highest BCUT2D eigenvalue weighted by molar-refractivity contribution is 5.93. The predicted molar refractivity (Wildman–Crippen MR) is 507 cm³/mol. The average molecular weight is 1580 g/mol. The highest BCUT2D eigenvalue weighted by Gasteiger charge is 2.31. The smallest absolute Gasteiger partial charge is 0.218 e. The fraction of sp³-hybridized carbons (Fsp3) is 0.170. The molecule has 0 N–H and O–H groups in total. The Bertz CT molecular complexity index is 7580. The van der Waals surface area contributed by atoms with Crippen LogP contribution in [-0.2, 0) is 33.6 Å². The first kappa shape index (κ1) is 79.4. The molecule has 0 saturated carbocycles. The molecule has 0 aliphatic rings. The molecular formula is C112H105N9+4. The number of hydrogen-bond donors (Lipinski definition) is 0. The van der Waals surface area contributed by atoms with Crippen molar-refractivity contribution in [3.05, 3.63) is 388 Å². The fourth-order valence-electron chi connectivity index (χ4n) is 18.8. The quantitative estimate of drug-likeness (QED) is 0.107. The number of aromatic nitrogens is 8. The third-order valence-electron chi connectivity index (χ3n) is 25.2. The van der Waals surface area contributed by atoms with E-state index in [0.717, 1.165) is 33.7 Å².